The second-order valence-corrected chi connectivity index (χ2v) is 4.62. The number of hydrogen-bond donors (Lipinski definition) is 2. The second-order valence-electron chi connectivity index (χ2n) is 4.62. The summed E-state index contributed by atoms with van der Waals surface area (Å²) in [7, 11) is 0. The maximum Gasteiger partial charge on any atom is 0.322 e. The minimum absolute atomic E-state index is 0.132. The van der Waals surface area contributed by atoms with Crippen LogP contribution in [0.25, 0.3) is 0 Å². The fourth-order valence-electron chi connectivity index (χ4n) is 2.03. The van der Waals surface area contributed by atoms with Crippen molar-refractivity contribution in [3.63, 3.8) is 0 Å². The van der Waals surface area contributed by atoms with Crippen LogP contribution < -0.4 is 10.2 Å². The zero-order chi connectivity index (χ0) is 11.8. The van der Waals surface area contributed by atoms with Gasteiger partial charge in [-0.25, -0.2) is 4.79 Å². The molecule has 4 nitrogen and oxygen atoms in total. The smallest absolute Gasteiger partial charge is 0.322 e. The molecule has 2 N–H and O–H groups in total. The summed E-state index contributed by atoms with van der Waals surface area (Å²) in [6, 6.07) is 6.74. The Kier molecular flexibility index (Phi) is 2.50. The van der Waals surface area contributed by atoms with Gasteiger partial charge < -0.3 is 10.4 Å². The highest BCUT2D eigenvalue weighted by Gasteiger charge is 2.36. The molecule has 0 aromatic heterocycles. The summed E-state index contributed by atoms with van der Waals surface area (Å²) in [5.41, 5.74) is 0.283. The van der Waals surface area contributed by atoms with Gasteiger partial charge in [0.25, 0.3) is 0 Å². The number of para-hydroxylation sites is 2. The molecule has 0 bridgehead atoms. The van der Waals surface area contributed by atoms with Crippen LogP contribution in [0.4, 0.5) is 10.5 Å². The quantitative estimate of drug-likeness (QED) is 0.761. The molecule has 0 radical (unpaired) electrons. The molecule has 1 saturated heterocycles. The summed E-state index contributed by atoms with van der Waals surface area (Å²) >= 11 is 0. The van der Waals surface area contributed by atoms with Crippen LogP contribution >= 0.6 is 0 Å². The molecule has 86 valence electrons. The SMILES string of the molecule is CC1(C)CCNC(=O)N1c1ccccc1O. The Bertz CT molecular complexity index is 415. The van der Waals surface area contributed by atoms with E-state index in [2.05, 4.69) is 5.32 Å². The van der Waals surface area contributed by atoms with Gasteiger partial charge in [0, 0.05) is 12.1 Å². The van der Waals surface area contributed by atoms with Crippen molar-refractivity contribution < 1.29 is 9.90 Å². The zero-order valence-electron chi connectivity index (χ0n) is 9.53. The molecule has 1 aliphatic heterocycles. The van der Waals surface area contributed by atoms with Crippen LogP contribution in [0.15, 0.2) is 24.3 Å². The molecule has 1 aromatic carbocycles. The number of carbonyl (C=O) groups excluding carboxylic acids is 1. The number of nitrogens with one attached hydrogen (secondary N) is 1. The maximum absolute atomic E-state index is 11.9. The molecule has 1 fully saturated rings. The van der Waals surface area contributed by atoms with E-state index in [4.69, 9.17) is 0 Å². The van der Waals surface area contributed by atoms with E-state index >= 15 is 0 Å². The number of hydrogen-bond acceptors (Lipinski definition) is 2. The first-order valence-electron chi connectivity index (χ1n) is 5.38. The normalized spacial score (nSPS) is 19.4. The van der Waals surface area contributed by atoms with Gasteiger partial charge in [0.2, 0.25) is 0 Å². The van der Waals surface area contributed by atoms with Crippen molar-refractivity contribution in [3.8, 4) is 5.75 Å². The Morgan fingerprint density at radius 1 is 1.38 bits per heavy atom. The van der Waals surface area contributed by atoms with E-state index in [0.29, 0.717) is 12.2 Å². The molecular formula is C12H16N2O2. The summed E-state index contributed by atoms with van der Waals surface area (Å²) in [5, 5.41) is 12.6. The minimum Gasteiger partial charge on any atom is -0.506 e. The van der Waals surface area contributed by atoms with E-state index in [-0.39, 0.29) is 17.3 Å². The van der Waals surface area contributed by atoms with E-state index < -0.39 is 0 Å². The van der Waals surface area contributed by atoms with Gasteiger partial charge in [-0.3, -0.25) is 4.90 Å². The molecule has 0 spiro atoms. The fraction of sp³-hybridized carbons (Fsp3) is 0.417. The third kappa shape index (κ3) is 1.71. The van der Waals surface area contributed by atoms with Crippen molar-refractivity contribution >= 4 is 11.7 Å². The summed E-state index contributed by atoms with van der Waals surface area (Å²) in [6.07, 6.45) is 0.854. The lowest BCUT2D eigenvalue weighted by atomic mass is 9.95. The van der Waals surface area contributed by atoms with Crippen molar-refractivity contribution in [2.24, 2.45) is 0 Å². The zero-order valence-corrected chi connectivity index (χ0v) is 9.53. The molecule has 0 aliphatic carbocycles. The lowest BCUT2D eigenvalue weighted by molar-refractivity contribution is 0.229. The third-order valence-corrected chi connectivity index (χ3v) is 2.94. The third-order valence-electron chi connectivity index (χ3n) is 2.94. The number of phenolic OH excluding ortho intramolecular Hbond substituents is 1. The van der Waals surface area contributed by atoms with E-state index in [0.717, 1.165) is 6.42 Å². The molecule has 16 heavy (non-hydrogen) atoms. The highest BCUT2D eigenvalue weighted by Crippen LogP contribution is 2.34. The number of urea groups is 1. The average Bonchev–Trinajstić information content (AvgIpc) is 2.19. The van der Waals surface area contributed by atoms with Crippen LogP contribution in [-0.4, -0.2) is 23.2 Å². The van der Waals surface area contributed by atoms with Crippen LogP contribution in [0, 0.1) is 0 Å². The van der Waals surface area contributed by atoms with Crippen LogP contribution in [-0.2, 0) is 0 Å². The molecule has 1 aliphatic rings. The van der Waals surface area contributed by atoms with Crippen LogP contribution in [0.5, 0.6) is 5.75 Å². The number of rotatable bonds is 1. The number of amides is 2. The van der Waals surface area contributed by atoms with Gasteiger partial charge in [0.15, 0.2) is 0 Å². The summed E-state index contributed by atoms with van der Waals surface area (Å²) < 4.78 is 0. The summed E-state index contributed by atoms with van der Waals surface area (Å²) in [5.74, 6) is 0.132. The van der Waals surface area contributed by atoms with Crippen molar-refractivity contribution in [1.29, 1.82) is 0 Å². The number of carbonyl (C=O) groups is 1. The molecule has 2 rings (SSSR count). The Hall–Kier alpha value is -1.71. The Morgan fingerprint density at radius 2 is 2.06 bits per heavy atom. The highest BCUT2D eigenvalue weighted by atomic mass is 16.3. The maximum atomic E-state index is 11.9. The van der Waals surface area contributed by atoms with Gasteiger partial charge >= 0.3 is 6.03 Å². The molecule has 2 amide bonds. The molecule has 4 heteroatoms. The summed E-state index contributed by atoms with van der Waals surface area (Å²) in [4.78, 5) is 13.5. The van der Waals surface area contributed by atoms with Gasteiger partial charge in [-0.1, -0.05) is 12.1 Å². The van der Waals surface area contributed by atoms with E-state index in [9.17, 15) is 9.90 Å². The first-order valence-corrected chi connectivity index (χ1v) is 5.38. The molecule has 0 saturated carbocycles. The molecule has 1 aromatic rings. The van der Waals surface area contributed by atoms with E-state index in [1.54, 1.807) is 23.1 Å². The molecule has 0 atom stereocenters. The lowest BCUT2D eigenvalue weighted by Gasteiger charge is -2.42. The average molecular weight is 220 g/mol. The molecular weight excluding hydrogens is 204 g/mol. The fourth-order valence-corrected chi connectivity index (χ4v) is 2.03. The highest BCUT2D eigenvalue weighted by molar-refractivity contribution is 5.95. The van der Waals surface area contributed by atoms with Crippen molar-refractivity contribution in [2.45, 2.75) is 25.8 Å². The standard InChI is InChI=1S/C12H16N2O2/c1-12(2)7-8-13-11(16)14(12)9-5-3-4-6-10(9)15/h3-6,15H,7-8H2,1-2H3,(H,13,16). The number of phenols is 1. The Morgan fingerprint density at radius 3 is 2.69 bits per heavy atom. The van der Waals surface area contributed by atoms with Crippen molar-refractivity contribution in [3.05, 3.63) is 24.3 Å². The van der Waals surface area contributed by atoms with Crippen LogP contribution in [0.2, 0.25) is 0 Å². The first-order chi connectivity index (χ1) is 7.52. The van der Waals surface area contributed by atoms with Gasteiger partial charge in [-0.05, 0) is 32.4 Å². The van der Waals surface area contributed by atoms with Crippen molar-refractivity contribution in [1.82, 2.24) is 5.32 Å². The number of benzene rings is 1. The largest absolute Gasteiger partial charge is 0.506 e. The van der Waals surface area contributed by atoms with Gasteiger partial charge in [0.1, 0.15) is 5.75 Å². The predicted molar refractivity (Wildman–Crippen MR) is 62.7 cm³/mol. The number of anilines is 1. The molecule has 1 heterocycles. The second kappa shape index (κ2) is 3.70. The van der Waals surface area contributed by atoms with Gasteiger partial charge in [0.05, 0.1) is 5.69 Å². The number of nitrogens with zero attached hydrogens (tertiary/aromatic N) is 1. The van der Waals surface area contributed by atoms with Crippen LogP contribution in [0.1, 0.15) is 20.3 Å². The van der Waals surface area contributed by atoms with E-state index in [1.807, 2.05) is 19.9 Å². The minimum atomic E-state index is -0.277. The predicted octanol–water partition coefficient (Wildman–Crippen LogP) is 2.09. The lowest BCUT2D eigenvalue weighted by Crippen LogP contribution is -2.58. The Balaban J connectivity index is 2.44. The van der Waals surface area contributed by atoms with Gasteiger partial charge in [-0.2, -0.15) is 0 Å². The van der Waals surface area contributed by atoms with Crippen molar-refractivity contribution in [2.75, 3.05) is 11.4 Å². The summed E-state index contributed by atoms with van der Waals surface area (Å²) in [6.45, 7) is 4.67. The number of aromatic hydroxyl groups is 1. The monoisotopic (exact) mass is 220 g/mol. The first kappa shape index (κ1) is 10.8. The molecule has 0 unspecified atom stereocenters. The Labute approximate surface area is 94.9 Å². The topological polar surface area (TPSA) is 52.6 Å². The van der Waals surface area contributed by atoms with Gasteiger partial charge in [-0.15, -0.1) is 0 Å². The van der Waals surface area contributed by atoms with Crippen LogP contribution in [0.3, 0.4) is 0 Å². The van der Waals surface area contributed by atoms with E-state index in [1.165, 1.54) is 0 Å².